The Bertz CT molecular complexity index is 205. The average molecular weight is 211 g/mol. The van der Waals surface area contributed by atoms with Crippen LogP contribution in [0.3, 0.4) is 0 Å². The van der Waals surface area contributed by atoms with Crippen LogP contribution in [-0.2, 0) is 0 Å². The first-order chi connectivity index (χ1) is 7.11. The van der Waals surface area contributed by atoms with Gasteiger partial charge in [0.2, 0.25) is 0 Å². The van der Waals surface area contributed by atoms with Gasteiger partial charge in [0.25, 0.3) is 0 Å². The summed E-state index contributed by atoms with van der Waals surface area (Å²) >= 11 is 0. The van der Waals surface area contributed by atoms with Crippen LogP contribution in [0.5, 0.6) is 0 Å². The van der Waals surface area contributed by atoms with Crippen molar-refractivity contribution in [1.29, 1.82) is 0 Å². The number of nitrogens with zero attached hydrogens (tertiary/aromatic N) is 2. The Balaban J connectivity index is 2.24. The highest BCUT2D eigenvalue weighted by Gasteiger charge is 2.18. The Morgan fingerprint density at radius 1 is 1.40 bits per heavy atom. The Labute approximate surface area is 93.7 Å². The Kier molecular flexibility index (Phi) is 5.09. The maximum Gasteiger partial charge on any atom is 0.0968 e. The van der Waals surface area contributed by atoms with E-state index in [2.05, 4.69) is 30.8 Å². The maximum absolute atomic E-state index is 5.97. The molecule has 2 N–H and O–H groups in total. The number of amidine groups is 1. The minimum atomic E-state index is 0.578. The van der Waals surface area contributed by atoms with Crippen LogP contribution in [0.25, 0.3) is 0 Å². The summed E-state index contributed by atoms with van der Waals surface area (Å²) < 4.78 is 0. The van der Waals surface area contributed by atoms with E-state index >= 15 is 0 Å². The highest BCUT2D eigenvalue weighted by Crippen LogP contribution is 2.24. The lowest BCUT2D eigenvalue weighted by atomic mass is 10.1. The van der Waals surface area contributed by atoms with Gasteiger partial charge in [-0.05, 0) is 33.7 Å². The second kappa shape index (κ2) is 6.11. The normalized spacial score (nSPS) is 19.4. The van der Waals surface area contributed by atoms with Crippen molar-refractivity contribution >= 4 is 5.84 Å². The number of likely N-dealkylation sites (N-methyl/N-ethyl adjacent to an activating group) is 1. The summed E-state index contributed by atoms with van der Waals surface area (Å²) in [6.07, 6.45) is 5.14. The van der Waals surface area contributed by atoms with Gasteiger partial charge in [-0.2, -0.15) is 0 Å². The molecule has 0 aromatic rings. The fourth-order valence-corrected chi connectivity index (χ4v) is 1.95. The van der Waals surface area contributed by atoms with Gasteiger partial charge in [-0.1, -0.05) is 12.8 Å². The zero-order chi connectivity index (χ0) is 11.3. The van der Waals surface area contributed by atoms with Crippen LogP contribution in [-0.4, -0.2) is 36.9 Å². The third-order valence-electron chi connectivity index (χ3n) is 3.40. The standard InChI is InChI=1S/C12H25N3/c1-10(2)15(3)9-8-14-12(13)11-6-4-5-7-11/h10-11H,4-9H2,1-3H3,(H2,13,14). The van der Waals surface area contributed by atoms with Crippen LogP contribution in [0.1, 0.15) is 39.5 Å². The predicted octanol–water partition coefficient (Wildman–Crippen LogP) is 1.87. The summed E-state index contributed by atoms with van der Waals surface area (Å²) in [5.74, 6) is 1.47. The molecule has 0 atom stereocenters. The molecule has 3 heteroatoms. The van der Waals surface area contributed by atoms with E-state index in [1.807, 2.05) is 0 Å². The molecule has 0 heterocycles. The average Bonchev–Trinajstić information content (AvgIpc) is 2.70. The molecule has 0 aromatic heterocycles. The van der Waals surface area contributed by atoms with Crippen molar-refractivity contribution in [3.8, 4) is 0 Å². The first-order valence-corrected chi connectivity index (χ1v) is 6.11. The van der Waals surface area contributed by atoms with Crippen LogP contribution >= 0.6 is 0 Å². The van der Waals surface area contributed by atoms with Gasteiger partial charge in [0.15, 0.2) is 0 Å². The van der Waals surface area contributed by atoms with Gasteiger partial charge >= 0.3 is 0 Å². The molecule has 1 fully saturated rings. The summed E-state index contributed by atoms with van der Waals surface area (Å²) in [5, 5.41) is 0. The van der Waals surface area contributed by atoms with E-state index < -0.39 is 0 Å². The number of rotatable bonds is 5. The minimum Gasteiger partial charge on any atom is -0.387 e. The molecule has 0 amide bonds. The minimum absolute atomic E-state index is 0.578. The van der Waals surface area contributed by atoms with Gasteiger partial charge < -0.3 is 10.6 Å². The quantitative estimate of drug-likeness (QED) is 0.557. The highest BCUT2D eigenvalue weighted by atomic mass is 15.1. The molecule has 0 aliphatic heterocycles. The van der Waals surface area contributed by atoms with Gasteiger partial charge in [-0.25, -0.2) is 0 Å². The molecule has 15 heavy (non-hydrogen) atoms. The Hall–Kier alpha value is -0.570. The summed E-state index contributed by atoms with van der Waals surface area (Å²) in [4.78, 5) is 6.78. The molecular weight excluding hydrogens is 186 g/mol. The molecule has 0 aromatic carbocycles. The maximum atomic E-state index is 5.97. The molecule has 1 rings (SSSR count). The summed E-state index contributed by atoms with van der Waals surface area (Å²) in [7, 11) is 2.13. The Morgan fingerprint density at radius 3 is 2.53 bits per heavy atom. The Morgan fingerprint density at radius 2 is 2.00 bits per heavy atom. The lowest BCUT2D eigenvalue weighted by Gasteiger charge is -2.19. The second-order valence-corrected chi connectivity index (χ2v) is 4.86. The van der Waals surface area contributed by atoms with Crippen molar-refractivity contribution in [2.75, 3.05) is 20.1 Å². The zero-order valence-corrected chi connectivity index (χ0v) is 10.4. The van der Waals surface area contributed by atoms with E-state index in [9.17, 15) is 0 Å². The summed E-state index contributed by atoms with van der Waals surface area (Å²) in [6.45, 7) is 6.25. The molecule has 1 aliphatic carbocycles. The molecule has 1 saturated carbocycles. The van der Waals surface area contributed by atoms with Crippen molar-refractivity contribution in [2.24, 2.45) is 16.6 Å². The van der Waals surface area contributed by atoms with Crippen molar-refractivity contribution in [2.45, 2.75) is 45.6 Å². The molecule has 88 valence electrons. The number of hydrogen-bond donors (Lipinski definition) is 1. The smallest absolute Gasteiger partial charge is 0.0968 e. The lowest BCUT2D eigenvalue weighted by Crippen LogP contribution is -2.30. The van der Waals surface area contributed by atoms with Crippen molar-refractivity contribution in [1.82, 2.24) is 4.90 Å². The molecule has 0 unspecified atom stereocenters. The van der Waals surface area contributed by atoms with Crippen molar-refractivity contribution in [3.63, 3.8) is 0 Å². The second-order valence-electron chi connectivity index (χ2n) is 4.86. The third kappa shape index (κ3) is 4.20. The molecular formula is C12H25N3. The molecule has 0 bridgehead atoms. The molecule has 0 saturated heterocycles. The topological polar surface area (TPSA) is 41.6 Å². The van der Waals surface area contributed by atoms with E-state index in [1.54, 1.807) is 0 Å². The monoisotopic (exact) mass is 211 g/mol. The number of hydrogen-bond acceptors (Lipinski definition) is 2. The van der Waals surface area contributed by atoms with Gasteiger partial charge in [-0.15, -0.1) is 0 Å². The fourth-order valence-electron chi connectivity index (χ4n) is 1.95. The van der Waals surface area contributed by atoms with E-state index in [0.717, 1.165) is 18.9 Å². The predicted molar refractivity (Wildman–Crippen MR) is 66.2 cm³/mol. The van der Waals surface area contributed by atoms with Gasteiger partial charge in [0, 0.05) is 18.5 Å². The number of nitrogens with two attached hydrogens (primary N) is 1. The van der Waals surface area contributed by atoms with Crippen molar-refractivity contribution in [3.05, 3.63) is 0 Å². The zero-order valence-electron chi connectivity index (χ0n) is 10.4. The first kappa shape index (κ1) is 12.5. The van der Waals surface area contributed by atoms with E-state index in [-0.39, 0.29) is 0 Å². The largest absolute Gasteiger partial charge is 0.387 e. The third-order valence-corrected chi connectivity index (χ3v) is 3.40. The van der Waals surface area contributed by atoms with E-state index in [4.69, 9.17) is 5.73 Å². The highest BCUT2D eigenvalue weighted by molar-refractivity contribution is 5.83. The molecule has 3 nitrogen and oxygen atoms in total. The van der Waals surface area contributed by atoms with Gasteiger partial charge in [0.1, 0.15) is 0 Å². The van der Waals surface area contributed by atoms with Crippen LogP contribution < -0.4 is 5.73 Å². The van der Waals surface area contributed by atoms with Crippen LogP contribution in [0.2, 0.25) is 0 Å². The molecule has 0 spiro atoms. The lowest BCUT2D eigenvalue weighted by molar-refractivity contribution is 0.282. The molecule has 1 aliphatic rings. The summed E-state index contributed by atoms with van der Waals surface area (Å²) in [5.41, 5.74) is 5.97. The van der Waals surface area contributed by atoms with Gasteiger partial charge in [0.05, 0.1) is 12.4 Å². The molecule has 0 radical (unpaired) electrons. The first-order valence-electron chi connectivity index (χ1n) is 6.11. The van der Waals surface area contributed by atoms with E-state index in [1.165, 1.54) is 25.7 Å². The fraction of sp³-hybridized carbons (Fsp3) is 0.917. The van der Waals surface area contributed by atoms with Gasteiger partial charge in [-0.3, -0.25) is 4.99 Å². The summed E-state index contributed by atoms with van der Waals surface area (Å²) in [6, 6.07) is 0.591. The van der Waals surface area contributed by atoms with Crippen LogP contribution in [0, 0.1) is 5.92 Å². The SMILES string of the molecule is CC(C)N(C)CCN=C(N)C1CCCC1. The number of aliphatic imine (C=N–C) groups is 1. The van der Waals surface area contributed by atoms with Crippen LogP contribution in [0.15, 0.2) is 4.99 Å². The van der Waals surface area contributed by atoms with Crippen molar-refractivity contribution < 1.29 is 0 Å². The van der Waals surface area contributed by atoms with E-state index in [0.29, 0.717) is 12.0 Å². The van der Waals surface area contributed by atoms with Crippen LogP contribution in [0.4, 0.5) is 0 Å².